The Morgan fingerprint density at radius 3 is 2.70 bits per heavy atom. The van der Waals surface area contributed by atoms with Gasteiger partial charge in [-0.1, -0.05) is 35.9 Å². The Bertz CT molecular complexity index is 601. The monoisotopic (exact) mass is 293 g/mol. The maximum Gasteiger partial charge on any atom is 0.125 e. The first-order chi connectivity index (χ1) is 9.61. The standard InChI is InChI=1S/C16H17ClFNO/c1-11-3-2-4-12(7-8-19)16(11)20-10-13-5-6-14(18)9-15(13)17/h2-6,9H,7-8,10,19H2,1H3. The Morgan fingerprint density at radius 1 is 1.20 bits per heavy atom. The van der Waals surface area contributed by atoms with Crippen molar-refractivity contribution in [1.29, 1.82) is 0 Å². The Hall–Kier alpha value is -1.58. The smallest absolute Gasteiger partial charge is 0.125 e. The molecule has 0 unspecified atom stereocenters. The lowest BCUT2D eigenvalue weighted by Crippen LogP contribution is -2.06. The average Bonchev–Trinajstić information content (AvgIpc) is 2.40. The summed E-state index contributed by atoms with van der Waals surface area (Å²) in [4.78, 5) is 0. The molecule has 2 rings (SSSR count). The Labute approximate surface area is 123 Å². The van der Waals surface area contributed by atoms with Crippen LogP contribution in [-0.4, -0.2) is 6.54 Å². The van der Waals surface area contributed by atoms with E-state index in [4.69, 9.17) is 22.1 Å². The number of aryl methyl sites for hydroxylation is 1. The second-order valence-corrected chi connectivity index (χ2v) is 5.03. The molecule has 2 N–H and O–H groups in total. The van der Waals surface area contributed by atoms with Crippen LogP contribution in [-0.2, 0) is 13.0 Å². The predicted molar refractivity (Wildman–Crippen MR) is 79.7 cm³/mol. The molecule has 0 aliphatic carbocycles. The molecule has 0 saturated carbocycles. The number of benzene rings is 2. The number of nitrogens with two attached hydrogens (primary N) is 1. The maximum atomic E-state index is 13.0. The summed E-state index contributed by atoms with van der Waals surface area (Å²) in [7, 11) is 0. The summed E-state index contributed by atoms with van der Waals surface area (Å²) in [5.74, 6) is 0.483. The van der Waals surface area contributed by atoms with Crippen LogP contribution in [0, 0.1) is 12.7 Å². The van der Waals surface area contributed by atoms with Gasteiger partial charge in [-0.3, -0.25) is 0 Å². The minimum Gasteiger partial charge on any atom is -0.488 e. The zero-order valence-corrected chi connectivity index (χ0v) is 12.1. The van der Waals surface area contributed by atoms with Gasteiger partial charge in [0.15, 0.2) is 0 Å². The van der Waals surface area contributed by atoms with Crippen molar-refractivity contribution in [2.45, 2.75) is 20.0 Å². The largest absolute Gasteiger partial charge is 0.488 e. The molecular weight excluding hydrogens is 277 g/mol. The highest BCUT2D eigenvalue weighted by Crippen LogP contribution is 2.26. The summed E-state index contributed by atoms with van der Waals surface area (Å²) >= 11 is 6.00. The number of hydrogen-bond donors (Lipinski definition) is 1. The zero-order chi connectivity index (χ0) is 14.5. The van der Waals surface area contributed by atoms with Gasteiger partial charge in [-0.25, -0.2) is 4.39 Å². The van der Waals surface area contributed by atoms with Crippen molar-refractivity contribution < 1.29 is 9.13 Å². The van der Waals surface area contributed by atoms with E-state index in [9.17, 15) is 4.39 Å². The molecule has 0 aliphatic heterocycles. The fourth-order valence-electron chi connectivity index (χ4n) is 2.06. The third-order valence-corrected chi connectivity index (χ3v) is 3.45. The van der Waals surface area contributed by atoms with E-state index in [2.05, 4.69) is 0 Å². The van der Waals surface area contributed by atoms with E-state index in [0.717, 1.165) is 28.9 Å². The molecule has 0 atom stereocenters. The fourth-order valence-corrected chi connectivity index (χ4v) is 2.28. The first-order valence-electron chi connectivity index (χ1n) is 6.47. The molecule has 0 aromatic heterocycles. The van der Waals surface area contributed by atoms with E-state index < -0.39 is 0 Å². The molecule has 106 valence electrons. The molecule has 4 heteroatoms. The van der Waals surface area contributed by atoms with E-state index in [-0.39, 0.29) is 5.82 Å². The van der Waals surface area contributed by atoms with Gasteiger partial charge in [-0.15, -0.1) is 0 Å². The molecule has 0 radical (unpaired) electrons. The lowest BCUT2D eigenvalue weighted by Gasteiger charge is -2.14. The number of hydrogen-bond acceptors (Lipinski definition) is 2. The van der Waals surface area contributed by atoms with Crippen LogP contribution in [0.25, 0.3) is 0 Å². The second kappa shape index (κ2) is 6.73. The van der Waals surface area contributed by atoms with Gasteiger partial charge in [0.2, 0.25) is 0 Å². The van der Waals surface area contributed by atoms with Crippen molar-refractivity contribution in [2.75, 3.05) is 6.54 Å². The van der Waals surface area contributed by atoms with Crippen LogP contribution in [0.1, 0.15) is 16.7 Å². The Morgan fingerprint density at radius 2 is 2.00 bits per heavy atom. The van der Waals surface area contributed by atoms with Gasteiger partial charge >= 0.3 is 0 Å². The molecule has 0 amide bonds. The fraction of sp³-hybridized carbons (Fsp3) is 0.250. The zero-order valence-electron chi connectivity index (χ0n) is 11.3. The predicted octanol–water partition coefficient (Wildman–Crippen LogP) is 3.87. The first kappa shape index (κ1) is 14.8. The van der Waals surface area contributed by atoms with Gasteiger partial charge in [-0.05, 0) is 43.1 Å². The molecule has 2 nitrogen and oxygen atoms in total. The molecule has 0 heterocycles. The number of para-hydroxylation sites is 1. The van der Waals surface area contributed by atoms with E-state index in [1.54, 1.807) is 6.07 Å². The summed E-state index contributed by atoms with van der Waals surface area (Å²) in [5.41, 5.74) is 8.49. The van der Waals surface area contributed by atoms with E-state index in [0.29, 0.717) is 18.2 Å². The third kappa shape index (κ3) is 3.50. The quantitative estimate of drug-likeness (QED) is 0.908. The van der Waals surface area contributed by atoms with Crippen molar-refractivity contribution in [1.82, 2.24) is 0 Å². The van der Waals surface area contributed by atoms with Crippen molar-refractivity contribution in [3.8, 4) is 5.75 Å². The Balaban J connectivity index is 2.18. The molecule has 2 aromatic rings. The van der Waals surface area contributed by atoms with Crippen LogP contribution < -0.4 is 10.5 Å². The van der Waals surface area contributed by atoms with Crippen LogP contribution in [0.3, 0.4) is 0 Å². The van der Waals surface area contributed by atoms with Crippen LogP contribution in [0.4, 0.5) is 4.39 Å². The number of ether oxygens (including phenoxy) is 1. The van der Waals surface area contributed by atoms with Crippen LogP contribution >= 0.6 is 11.6 Å². The van der Waals surface area contributed by atoms with Crippen molar-refractivity contribution in [3.63, 3.8) is 0 Å². The third-order valence-electron chi connectivity index (χ3n) is 3.09. The van der Waals surface area contributed by atoms with Gasteiger partial charge in [0, 0.05) is 5.56 Å². The van der Waals surface area contributed by atoms with E-state index in [1.807, 2.05) is 25.1 Å². The van der Waals surface area contributed by atoms with Gasteiger partial charge < -0.3 is 10.5 Å². The highest BCUT2D eigenvalue weighted by Gasteiger charge is 2.08. The second-order valence-electron chi connectivity index (χ2n) is 4.63. The minimum atomic E-state index is -0.349. The molecule has 20 heavy (non-hydrogen) atoms. The summed E-state index contributed by atoms with van der Waals surface area (Å²) in [5, 5.41) is 0.374. The lowest BCUT2D eigenvalue weighted by atomic mass is 10.1. The van der Waals surface area contributed by atoms with Gasteiger partial charge in [0.25, 0.3) is 0 Å². The van der Waals surface area contributed by atoms with Crippen molar-refractivity contribution in [2.24, 2.45) is 5.73 Å². The molecule has 0 saturated heterocycles. The van der Waals surface area contributed by atoms with Crippen LogP contribution in [0.5, 0.6) is 5.75 Å². The number of rotatable bonds is 5. The van der Waals surface area contributed by atoms with Crippen molar-refractivity contribution in [3.05, 3.63) is 63.9 Å². The normalized spacial score (nSPS) is 10.6. The molecule has 0 fully saturated rings. The summed E-state index contributed by atoms with van der Waals surface area (Å²) in [6.07, 6.45) is 0.758. The SMILES string of the molecule is Cc1cccc(CCN)c1OCc1ccc(F)cc1Cl. The topological polar surface area (TPSA) is 35.2 Å². The van der Waals surface area contributed by atoms with Crippen LogP contribution in [0.15, 0.2) is 36.4 Å². The van der Waals surface area contributed by atoms with Crippen molar-refractivity contribution >= 4 is 11.6 Å². The summed E-state index contributed by atoms with van der Waals surface area (Å²) in [6.45, 7) is 2.86. The average molecular weight is 294 g/mol. The lowest BCUT2D eigenvalue weighted by molar-refractivity contribution is 0.301. The molecule has 0 spiro atoms. The molecule has 0 aliphatic rings. The minimum absolute atomic E-state index is 0.307. The molecule has 2 aromatic carbocycles. The number of halogens is 2. The molecule has 0 bridgehead atoms. The molecular formula is C16H17ClFNO. The Kier molecular flexibility index (Phi) is 4.99. The van der Waals surface area contributed by atoms with E-state index >= 15 is 0 Å². The summed E-state index contributed by atoms with van der Waals surface area (Å²) in [6, 6.07) is 10.3. The van der Waals surface area contributed by atoms with E-state index in [1.165, 1.54) is 12.1 Å². The van der Waals surface area contributed by atoms with Crippen LogP contribution in [0.2, 0.25) is 5.02 Å². The van der Waals surface area contributed by atoms with Gasteiger partial charge in [-0.2, -0.15) is 0 Å². The summed E-state index contributed by atoms with van der Waals surface area (Å²) < 4.78 is 18.9. The highest BCUT2D eigenvalue weighted by atomic mass is 35.5. The first-order valence-corrected chi connectivity index (χ1v) is 6.85. The van der Waals surface area contributed by atoms with Gasteiger partial charge in [0.1, 0.15) is 18.2 Å². The maximum absolute atomic E-state index is 13.0. The highest BCUT2D eigenvalue weighted by molar-refractivity contribution is 6.31. The van der Waals surface area contributed by atoms with Gasteiger partial charge in [0.05, 0.1) is 5.02 Å².